The van der Waals surface area contributed by atoms with Crippen molar-refractivity contribution < 1.29 is 14.3 Å². The van der Waals surface area contributed by atoms with E-state index in [2.05, 4.69) is 5.32 Å². The van der Waals surface area contributed by atoms with Gasteiger partial charge < -0.3 is 15.0 Å². The van der Waals surface area contributed by atoms with Crippen molar-refractivity contribution in [2.24, 2.45) is 0 Å². The molecule has 25 heavy (non-hydrogen) atoms. The zero-order chi connectivity index (χ0) is 17.8. The van der Waals surface area contributed by atoms with Crippen LogP contribution in [0.5, 0.6) is 5.75 Å². The predicted octanol–water partition coefficient (Wildman–Crippen LogP) is 4.14. The highest BCUT2D eigenvalue weighted by atomic mass is 35.5. The smallest absolute Gasteiger partial charge is 0.262 e. The van der Waals surface area contributed by atoms with Crippen molar-refractivity contribution in [3.05, 3.63) is 52.5 Å². The Bertz CT molecular complexity index is 793. The molecule has 2 aromatic carbocycles. The van der Waals surface area contributed by atoms with E-state index < -0.39 is 0 Å². The van der Waals surface area contributed by atoms with E-state index >= 15 is 0 Å². The summed E-state index contributed by atoms with van der Waals surface area (Å²) in [5.41, 5.74) is 1.27. The quantitative estimate of drug-likeness (QED) is 0.850. The van der Waals surface area contributed by atoms with Crippen molar-refractivity contribution in [2.45, 2.75) is 12.8 Å². The molecule has 0 aromatic heterocycles. The Morgan fingerprint density at radius 3 is 2.60 bits per heavy atom. The van der Waals surface area contributed by atoms with Crippen molar-refractivity contribution in [3.63, 3.8) is 0 Å². The van der Waals surface area contributed by atoms with E-state index in [1.54, 1.807) is 35.2 Å². The minimum Gasteiger partial charge on any atom is -0.484 e. The lowest BCUT2D eigenvalue weighted by atomic mass is 10.3. The lowest BCUT2D eigenvalue weighted by molar-refractivity contribution is -0.118. The molecule has 130 valence electrons. The van der Waals surface area contributed by atoms with Gasteiger partial charge in [-0.25, -0.2) is 0 Å². The van der Waals surface area contributed by atoms with E-state index in [9.17, 15) is 9.59 Å². The lowest BCUT2D eigenvalue weighted by Gasteiger charge is -2.16. The maximum absolute atomic E-state index is 12.0. The number of halogens is 2. The second kappa shape index (κ2) is 7.76. The SMILES string of the molecule is O=C(COc1ccc(N2CCCC2=O)cc1)Nc1cc(Cl)ccc1Cl. The molecule has 1 saturated heterocycles. The fourth-order valence-electron chi connectivity index (χ4n) is 2.57. The molecule has 0 radical (unpaired) electrons. The molecule has 1 aliphatic rings. The van der Waals surface area contributed by atoms with Crippen LogP contribution in [0.25, 0.3) is 0 Å². The van der Waals surface area contributed by atoms with Gasteiger partial charge in [0.2, 0.25) is 5.91 Å². The number of amides is 2. The van der Waals surface area contributed by atoms with Crippen LogP contribution < -0.4 is 15.0 Å². The van der Waals surface area contributed by atoms with Gasteiger partial charge in [0.15, 0.2) is 6.61 Å². The van der Waals surface area contributed by atoms with Crippen LogP contribution in [0.3, 0.4) is 0 Å². The number of carbonyl (C=O) groups excluding carboxylic acids is 2. The Morgan fingerprint density at radius 2 is 1.92 bits per heavy atom. The van der Waals surface area contributed by atoms with Gasteiger partial charge in [-0.2, -0.15) is 0 Å². The van der Waals surface area contributed by atoms with Gasteiger partial charge in [-0.05, 0) is 48.9 Å². The van der Waals surface area contributed by atoms with Gasteiger partial charge in [-0.1, -0.05) is 23.2 Å². The number of benzene rings is 2. The van der Waals surface area contributed by atoms with E-state index in [4.69, 9.17) is 27.9 Å². The van der Waals surface area contributed by atoms with Crippen molar-refractivity contribution in [1.82, 2.24) is 0 Å². The summed E-state index contributed by atoms with van der Waals surface area (Å²) in [5, 5.41) is 3.53. The maximum Gasteiger partial charge on any atom is 0.262 e. The number of hydrogen-bond donors (Lipinski definition) is 1. The number of carbonyl (C=O) groups is 2. The Balaban J connectivity index is 1.55. The van der Waals surface area contributed by atoms with Crippen LogP contribution in [-0.4, -0.2) is 25.0 Å². The lowest BCUT2D eigenvalue weighted by Crippen LogP contribution is -2.23. The Kier molecular flexibility index (Phi) is 5.46. The molecular formula is C18H16Cl2N2O3. The highest BCUT2D eigenvalue weighted by Crippen LogP contribution is 2.26. The summed E-state index contributed by atoms with van der Waals surface area (Å²) >= 11 is 11.9. The number of rotatable bonds is 5. The highest BCUT2D eigenvalue weighted by molar-refractivity contribution is 6.35. The zero-order valence-corrected chi connectivity index (χ0v) is 14.8. The molecule has 5 nitrogen and oxygen atoms in total. The van der Waals surface area contributed by atoms with Crippen molar-refractivity contribution in [3.8, 4) is 5.75 Å². The molecule has 3 rings (SSSR count). The van der Waals surface area contributed by atoms with Crippen LogP contribution in [0.4, 0.5) is 11.4 Å². The largest absolute Gasteiger partial charge is 0.484 e. The molecule has 0 aliphatic carbocycles. The van der Waals surface area contributed by atoms with Crippen LogP contribution in [-0.2, 0) is 9.59 Å². The first kappa shape index (κ1) is 17.6. The average Bonchev–Trinajstić information content (AvgIpc) is 3.03. The summed E-state index contributed by atoms with van der Waals surface area (Å²) < 4.78 is 5.46. The third-order valence-corrected chi connectivity index (χ3v) is 4.36. The third kappa shape index (κ3) is 4.44. The normalized spacial score (nSPS) is 13.8. The van der Waals surface area contributed by atoms with Gasteiger partial charge in [0.1, 0.15) is 5.75 Å². The van der Waals surface area contributed by atoms with Crippen LogP contribution >= 0.6 is 23.2 Å². The first-order valence-electron chi connectivity index (χ1n) is 7.81. The van der Waals surface area contributed by atoms with E-state index in [0.717, 1.165) is 18.7 Å². The van der Waals surface area contributed by atoms with Gasteiger partial charge in [0.05, 0.1) is 10.7 Å². The highest BCUT2D eigenvalue weighted by Gasteiger charge is 2.21. The molecule has 0 unspecified atom stereocenters. The fourth-order valence-corrected chi connectivity index (χ4v) is 2.91. The third-order valence-electron chi connectivity index (χ3n) is 3.79. The van der Waals surface area contributed by atoms with Gasteiger partial charge in [-0.15, -0.1) is 0 Å². The second-order valence-corrected chi connectivity index (χ2v) is 6.45. The second-order valence-electron chi connectivity index (χ2n) is 5.60. The van der Waals surface area contributed by atoms with Crippen LogP contribution in [0, 0.1) is 0 Å². The van der Waals surface area contributed by atoms with Crippen molar-refractivity contribution in [2.75, 3.05) is 23.4 Å². The maximum atomic E-state index is 12.0. The molecule has 1 aliphatic heterocycles. The molecular weight excluding hydrogens is 363 g/mol. The van der Waals surface area contributed by atoms with Crippen molar-refractivity contribution in [1.29, 1.82) is 0 Å². The van der Waals surface area contributed by atoms with E-state index in [-0.39, 0.29) is 18.4 Å². The minimum absolute atomic E-state index is 0.131. The standard InChI is InChI=1S/C18H16Cl2N2O3/c19-12-3-8-15(20)16(10-12)21-17(23)11-25-14-6-4-13(5-7-14)22-9-1-2-18(22)24/h3-8,10H,1-2,9,11H2,(H,21,23). The summed E-state index contributed by atoms with van der Waals surface area (Å²) in [6.07, 6.45) is 1.47. The number of nitrogens with zero attached hydrogens (tertiary/aromatic N) is 1. The van der Waals surface area contributed by atoms with E-state index in [0.29, 0.717) is 27.9 Å². The van der Waals surface area contributed by atoms with Gasteiger partial charge in [-0.3, -0.25) is 9.59 Å². The monoisotopic (exact) mass is 378 g/mol. The number of anilines is 2. The molecule has 0 atom stereocenters. The number of hydrogen-bond acceptors (Lipinski definition) is 3. The Hall–Kier alpha value is -2.24. The average molecular weight is 379 g/mol. The van der Waals surface area contributed by atoms with E-state index in [1.807, 2.05) is 12.1 Å². The Morgan fingerprint density at radius 1 is 1.16 bits per heavy atom. The molecule has 7 heteroatoms. The summed E-state index contributed by atoms with van der Waals surface area (Å²) in [5.74, 6) is 0.331. The van der Waals surface area contributed by atoms with Crippen LogP contribution in [0.1, 0.15) is 12.8 Å². The van der Waals surface area contributed by atoms with Gasteiger partial charge in [0, 0.05) is 23.7 Å². The van der Waals surface area contributed by atoms with Gasteiger partial charge >= 0.3 is 0 Å². The topological polar surface area (TPSA) is 58.6 Å². The molecule has 2 amide bonds. The summed E-state index contributed by atoms with van der Waals surface area (Å²) in [7, 11) is 0. The zero-order valence-electron chi connectivity index (χ0n) is 13.3. The fraction of sp³-hybridized carbons (Fsp3) is 0.222. The molecule has 1 N–H and O–H groups in total. The molecule has 1 fully saturated rings. The summed E-state index contributed by atoms with van der Waals surface area (Å²) in [6.45, 7) is 0.576. The number of ether oxygens (including phenoxy) is 1. The molecule has 1 heterocycles. The van der Waals surface area contributed by atoms with E-state index in [1.165, 1.54) is 0 Å². The van der Waals surface area contributed by atoms with Crippen LogP contribution in [0.2, 0.25) is 10.0 Å². The molecule has 0 bridgehead atoms. The Labute approximate surface area is 155 Å². The predicted molar refractivity (Wildman–Crippen MR) is 98.6 cm³/mol. The molecule has 0 saturated carbocycles. The van der Waals surface area contributed by atoms with Crippen LogP contribution in [0.15, 0.2) is 42.5 Å². The first-order chi connectivity index (χ1) is 12.0. The molecule has 2 aromatic rings. The summed E-state index contributed by atoms with van der Waals surface area (Å²) in [4.78, 5) is 25.4. The number of nitrogens with one attached hydrogen (secondary N) is 1. The minimum atomic E-state index is -0.344. The molecule has 0 spiro atoms. The first-order valence-corrected chi connectivity index (χ1v) is 8.56. The van der Waals surface area contributed by atoms with Gasteiger partial charge in [0.25, 0.3) is 5.91 Å². The summed E-state index contributed by atoms with van der Waals surface area (Å²) in [6, 6.07) is 11.9. The van der Waals surface area contributed by atoms with Crippen molar-refractivity contribution >= 4 is 46.4 Å².